The Kier molecular flexibility index (Phi) is 4.10. The summed E-state index contributed by atoms with van der Waals surface area (Å²) in [4.78, 5) is 11.2. The average molecular weight is 216 g/mol. The number of carbonyl (C=O) groups is 1. The Morgan fingerprint density at radius 3 is 3.00 bits per heavy atom. The Labute approximate surface area is 94.1 Å². The van der Waals surface area contributed by atoms with Crippen molar-refractivity contribution < 1.29 is 9.53 Å². The molecule has 16 heavy (non-hydrogen) atoms. The van der Waals surface area contributed by atoms with E-state index < -0.39 is 0 Å². The zero-order valence-electron chi connectivity index (χ0n) is 8.99. The van der Waals surface area contributed by atoms with Crippen LogP contribution < -0.4 is 10.1 Å². The van der Waals surface area contributed by atoms with Crippen LogP contribution in [-0.2, 0) is 4.79 Å². The SMILES string of the molecule is C=Cc1cc(OC)ccc1NC(=O)CC#N. The fourth-order valence-electron chi connectivity index (χ4n) is 1.22. The molecule has 0 heterocycles. The first-order valence-corrected chi connectivity index (χ1v) is 4.68. The van der Waals surface area contributed by atoms with Gasteiger partial charge >= 0.3 is 0 Å². The van der Waals surface area contributed by atoms with E-state index in [2.05, 4.69) is 11.9 Å². The van der Waals surface area contributed by atoms with Crippen LogP contribution in [0, 0.1) is 11.3 Å². The summed E-state index contributed by atoms with van der Waals surface area (Å²) in [6.45, 7) is 3.65. The number of anilines is 1. The van der Waals surface area contributed by atoms with Gasteiger partial charge in [-0.05, 0) is 18.2 Å². The summed E-state index contributed by atoms with van der Waals surface area (Å²) >= 11 is 0. The molecule has 0 saturated carbocycles. The van der Waals surface area contributed by atoms with E-state index in [1.807, 2.05) is 0 Å². The first-order chi connectivity index (χ1) is 7.71. The van der Waals surface area contributed by atoms with Crippen molar-refractivity contribution in [2.45, 2.75) is 6.42 Å². The summed E-state index contributed by atoms with van der Waals surface area (Å²) < 4.78 is 5.05. The highest BCUT2D eigenvalue weighted by molar-refractivity contribution is 5.94. The molecule has 1 aromatic rings. The lowest BCUT2D eigenvalue weighted by Gasteiger charge is -2.08. The summed E-state index contributed by atoms with van der Waals surface area (Å²) in [6, 6.07) is 6.99. The largest absolute Gasteiger partial charge is 0.497 e. The number of hydrogen-bond acceptors (Lipinski definition) is 3. The van der Waals surface area contributed by atoms with Gasteiger partial charge in [0.15, 0.2) is 0 Å². The molecular weight excluding hydrogens is 204 g/mol. The third kappa shape index (κ3) is 2.85. The predicted octanol–water partition coefficient (Wildman–Crippen LogP) is 2.19. The van der Waals surface area contributed by atoms with Gasteiger partial charge in [0, 0.05) is 11.3 Å². The maximum atomic E-state index is 11.2. The Morgan fingerprint density at radius 1 is 1.69 bits per heavy atom. The maximum absolute atomic E-state index is 11.2. The predicted molar refractivity (Wildman–Crippen MR) is 61.9 cm³/mol. The fraction of sp³-hybridized carbons (Fsp3) is 0.167. The Bertz CT molecular complexity index is 447. The van der Waals surface area contributed by atoms with Crippen molar-refractivity contribution in [2.75, 3.05) is 12.4 Å². The van der Waals surface area contributed by atoms with Crippen LogP contribution in [0.3, 0.4) is 0 Å². The van der Waals surface area contributed by atoms with Crippen molar-refractivity contribution in [3.05, 3.63) is 30.3 Å². The van der Waals surface area contributed by atoms with Crippen molar-refractivity contribution in [3.63, 3.8) is 0 Å². The molecule has 0 aliphatic heterocycles. The Morgan fingerprint density at radius 2 is 2.44 bits per heavy atom. The number of nitrogens with one attached hydrogen (secondary N) is 1. The number of nitrogens with zero attached hydrogens (tertiary/aromatic N) is 1. The van der Waals surface area contributed by atoms with Gasteiger partial charge in [0.2, 0.25) is 5.91 Å². The van der Waals surface area contributed by atoms with Gasteiger partial charge in [0.1, 0.15) is 12.2 Å². The van der Waals surface area contributed by atoms with E-state index in [-0.39, 0.29) is 12.3 Å². The molecule has 1 amide bonds. The fourth-order valence-corrected chi connectivity index (χ4v) is 1.22. The van der Waals surface area contributed by atoms with E-state index in [4.69, 9.17) is 10.00 Å². The average Bonchev–Trinajstić information content (AvgIpc) is 2.30. The van der Waals surface area contributed by atoms with Crippen LogP contribution in [0.15, 0.2) is 24.8 Å². The number of carbonyl (C=O) groups excluding carboxylic acids is 1. The van der Waals surface area contributed by atoms with Gasteiger partial charge in [-0.2, -0.15) is 5.26 Å². The zero-order valence-corrected chi connectivity index (χ0v) is 8.99. The van der Waals surface area contributed by atoms with Gasteiger partial charge in [0.05, 0.1) is 13.2 Å². The molecule has 0 atom stereocenters. The summed E-state index contributed by atoms with van der Waals surface area (Å²) in [7, 11) is 1.57. The number of hydrogen-bond donors (Lipinski definition) is 1. The molecule has 0 aliphatic rings. The molecule has 0 aromatic heterocycles. The van der Waals surface area contributed by atoms with E-state index in [9.17, 15) is 4.79 Å². The highest BCUT2D eigenvalue weighted by atomic mass is 16.5. The van der Waals surface area contributed by atoms with E-state index >= 15 is 0 Å². The second kappa shape index (κ2) is 5.56. The molecule has 1 N–H and O–H groups in total. The number of benzene rings is 1. The minimum atomic E-state index is -0.337. The van der Waals surface area contributed by atoms with E-state index in [0.717, 1.165) is 5.56 Å². The summed E-state index contributed by atoms with van der Waals surface area (Å²) in [6.07, 6.45) is 1.45. The number of nitriles is 1. The number of methoxy groups -OCH3 is 1. The molecule has 0 fully saturated rings. The van der Waals surface area contributed by atoms with Gasteiger partial charge in [-0.3, -0.25) is 4.79 Å². The standard InChI is InChI=1S/C12H12N2O2/c1-3-9-8-10(16-2)4-5-11(9)14-12(15)6-7-13/h3-5,8H,1,6H2,2H3,(H,14,15). The number of ether oxygens (including phenoxy) is 1. The van der Waals surface area contributed by atoms with Gasteiger partial charge in [-0.15, -0.1) is 0 Å². The lowest BCUT2D eigenvalue weighted by Crippen LogP contribution is -2.11. The molecule has 0 radical (unpaired) electrons. The van der Waals surface area contributed by atoms with E-state index in [0.29, 0.717) is 11.4 Å². The van der Waals surface area contributed by atoms with Gasteiger partial charge in [-0.1, -0.05) is 12.7 Å². The van der Waals surface area contributed by atoms with Crippen molar-refractivity contribution >= 4 is 17.7 Å². The molecule has 4 nitrogen and oxygen atoms in total. The van der Waals surface area contributed by atoms with Crippen molar-refractivity contribution in [1.29, 1.82) is 5.26 Å². The van der Waals surface area contributed by atoms with Crippen molar-refractivity contribution in [3.8, 4) is 11.8 Å². The monoisotopic (exact) mass is 216 g/mol. The number of amides is 1. The summed E-state index contributed by atoms with van der Waals surface area (Å²) in [5.74, 6) is 0.351. The summed E-state index contributed by atoms with van der Waals surface area (Å²) in [5, 5.41) is 11.0. The van der Waals surface area contributed by atoms with Gasteiger partial charge in [0.25, 0.3) is 0 Å². The third-order valence-electron chi connectivity index (χ3n) is 1.99. The van der Waals surface area contributed by atoms with Crippen molar-refractivity contribution in [2.24, 2.45) is 0 Å². The smallest absolute Gasteiger partial charge is 0.238 e. The van der Waals surface area contributed by atoms with Crippen LogP contribution >= 0.6 is 0 Å². The van der Waals surface area contributed by atoms with Crippen molar-refractivity contribution in [1.82, 2.24) is 0 Å². The molecule has 0 unspecified atom stereocenters. The van der Waals surface area contributed by atoms with E-state index in [1.165, 1.54) is 0 Å². The lowest BCUT2D eigenvalue weighted by atomic mass is 10.1. The molecule has 0 spiro atoms. The third-order valence-corrected chi connectivity index (χ3v) is 1.99. The highest BCUT2D eigenvalue weighted by Gasteiger charge is 2.05. The molecule has 0 bridgehead atoms. The van der Waals surface area contributed by atoms with Crippen LogP contribution in [0.4, 0.5) is 5.69 Å². The molecule has 4 heteroatoms. The Hall–Kier alpha value is -2.28. The Balaban J connectivity index is 2.92. The first kappa shape index (κ1) is 11.8. The van der Waals surface area contributed by atoms with E-state index in [1.54, 1.807) is 37.5 Å². The summed E-state index contributed by atoms with van der Waals surface area (Å²) in [5.41, 5.74) is 1.38. The molecule has 82 valence electrons. The minimum Gasteiger partial charge on any atom is -0.497 e. The molecule has 1 aromatic carbocycles. The topological polar surface area (TPSA) is 62.1 Å². The molecular formula is C12H12N2O2. The van der Waals surface area contributed by atoms with Gasteiger partial charge in [-0.25, -0.2) is 0 Å². The molecule has 0 saturated heterocycles. The second-order valence-corrected chi connectivity index (χ2v) is 3.04. The normalized spacial score (nSPS) is 9.00. The van der Waals surface area contributed by atoms with Gasteiger partial charge < -0.3 is 10.1 Å². The zero-order chi connectivity index (χ0) is 12.0. The van der Waals surface area contributed by atoms with Crippen LogP contribution in [0.2, 0.25) is 0 Å². The quantitative estimate of drug-likeness (QED) is 0.839. The molecule has 1 rings (SSSR count). The minimum absolute atomic E-state index is 0.164. The van der Waals surface area contributed by atoms with Crippen LogP contribution in [0.5, 0.6) is 5.75 Å². The second-order valence-electron chi connectivity index (χ2n) is 3.04. The molecule has 0 aliphatic carbocycles. The van der Waals surface area contributed by atoms with Crippen LogP contribution in [-0.4, -0.2) is 13.0 Å². The highest BCUT2D eigenvalue weighted by Crippen LogP contribution is 2.22. The lowest BCUT2D eigenvalue weighted by molar-refractivity contribution is -0.115. The number of rotatable bonds is 4. The van der Waals surface area contributed by atoms with Crippen LogP contribution in [0.25, 0.3) is 6.08 Å². The van der Waals surface area contributed by atoms with Crippen LogP contribution in [0.1, 0.15) is 12.0 Å². The maximum Gasteiger partial charge on any atom is 0.238 e. The first-order valence-electron chi connectivity index (χ1n) is 4.68.